The molecule has 0 aromatic carbocycles. The molecular formula is C12H14N2O3. The van der Waals surface area contributed by atoms with Crippen LogP contribution in [-0.2, 0) is 4.79 Å². The van der Waals surface area contributed by atoms with E-state index in [0.29, 0.717) is 6.42 Å². The Morgan fingerprint density at radius 2 is 2.00 bits per heavy atom. The van der Waals surface area contributed by atoms with Crippen molar-refractivity contribution < 1.29 is 14.8 Å². The van der Waals surface area contributed by atoms with Gasteiger partial charge in [-0.1, -0.05) is 18.5 Å². The SMILES string of the molecule is CCCCC(=O)/C(=N\O)C(=O)c1ccncc1. The molecule has 17 heavy (non-hydrogen) atoms. The molecule has 0 radical (unpaired) electrons. The highest BCUT2D eigenvalue weighted by molar-refractivity contribution is 6.69. The number of oxime groups is 1. The van der Waals surface area contributed by atoms with Crippen molar-refractivity contribution >= 4 is 17.3 Å². The van der Waals surface area contributed by atoms with Gasteiger partial charge < -0.3 is 5.21 Å². The van der Waals surface area contributed by atoms with Crippen molar-refractivity contribution in [2.24, 2.45) is 5.16 Å². The summed E-state index contributed by atoms with van der Waals surface area (Å²) < 4.78 is 0. The molecule has 5 heteroatoms. The van der Waals surface area contributed by atoms with Gasteiger partial charge in [-0.3, -0.25) is 14.6 Å². The fraction of sp³-hybridized carbons (Fsp3) is 0.333. The van der Waals surface area contributed by atoms with Crippen molar-refractivity contribution in [3.63, 3.8) is 0 Å². The quantitative estimate of drug-likeness (QED) is 0.268. The van der Waals surface area contributed by atoms with Crippen molar-refractivity contribution in [2.75, 3.05) is 0 Å². The summed E-state index contributed by atoms with van der Waals surface area (Å²) in [7, 11) is 0. The second kappa shape index (κ2) is 6.52. The van der Waals surface area contributed by atoms with E-state index < -0.39 is 17.3 Å². The molecular weight excluding hydrogens is 220 g/mol. The molecule has 0 bridgehead atoms. The van der Waals surface area contributed by atoms with Gasteiger partial charge in [0.05, 0.1) is 0 Å². The van der Waals surface area contributed by atoms with E-state index in [0.717, 1.165) is 6.42 Å². The number of nitrogens with zero attached hydrogens (tertiary/aromatic N) is 2. The molecule has 1 N–H and O–H groups in total. The average molecular weight is 234 g/mol. The van der Waals surface area contributed by atoms with Gasteiger partial charge in [0.2, 0.25) is 5.78 Å². The van der Waals surface area contributed by atoms with Crippen LogP contribution in [0.25, 0.3) is 0 Å². The van der Waals surface area contributed by atoms with E-state index >= 15 is 0 Å². The normalized spacial score (nSPS) is 11.2. The number of hydrogen-bond acceptors (Lipinski definition) is 5. The maximum Gasteiger partial charge on any atom is 0.218 e. The second-order valence-corrected chi connectivity index (χ2v) is 3.54. The van der Waals surface area contributed by atoms with Crippen LogP contribution >= 0.6 is 0 Å². The summed E-state index contributed by atoms with van der Waals surface area (Å²) >= 11 is 0. The third-order valence-electron chi connectivity index (χ3n) is 2.28. The van der Waals surface area contributed by atoms with Crippen molar-refractivity contribution in [3.05, 3.63) is 30.1 Å². The Labute approximate surface area is 99.2 Å². The maximum atomic E-state index is 11.8. The molecule has 0 aliphatic carbocycles. The second-order valence-electron chi connectivity index (χ2n) is 3.54. The van der Waals surface area contributed by atoms with Gasteiger partial charge in [-0.25, -0.2) is 0 Å². The maximum absolute atomic E-state index is 11.8. The van der Waals surface area contributed by atoms with E-state index in [1.807, 2.05) is 6.92 Å². The van der Waals surface area contributed by atoms with Crippen molar-refractivity contribution in [1.82, 2.24) is 4.98 Å². The van der Waals surface area contributed by atoms with Gasteiger partial charge in [0.15, 0.2) is 11.5 Å². The van der Waals surface area contributed by atoms with Gasteiger partial charge in [0, 0.05) is 24.4 Å². The molecule has 0 unspecified atom stereocenters. The molecule has 0 aliphatic heterocycles. The number of carbonyl (C=O) groups is 2. The van der Waals surface area contributed by atoms with E-state index in [9.17, 15) is 9.59 Å². The fourth-order valence-electron chi connectivity index (χ4n) is 1.32. The third-order valence-corrected chi connectivity index (χ3v) is 2.28. The average Bonchev–Trinajstić information content (AvgIpc) is 2.38. The number of pyridine rings is 1. The molecule has 1 heterocycles. The van der Waals surface area contributed by atoms with E-state index in [1.165, 1.54) is 24.5 Å². The zero-order chi connectivity index (χ0) is 12.7. The minimum Gasteiger partial charge on any atom is -0.410 e. The van der Waals surface area contributed by atoms with Crippen LogP contribution in [-0.4, -0.2) is 27.5 Å². The van der Waals surface area contributed by atoms with Crippen molar-refractivity contribution in [3.8, 4) is 0 Å². The molecule has 0 aliphatic rings. The smallest absolute Gasteiger partial charge is 0.218 e. The predicted molar refractivity (Wildman–Crippen MR) is 62.3 cm³/mol. The monoisotopic (exact) mass is 234 g/mol. The lowest BCUT2D eigenvalue weighted by Crippen LogP contribution is -2.24. The van der Waals surface area contributed by atoms with Crippen LogP contribution in [0.15, 0.2) is 29.7 Å². The number of hydrogen-bond donors (Lipinski definition) is 1. The third kappa shape index (κ3) is 3.48. The highest BCUT2D eigenvalue weighted by atomic mass is 16.4. The summed E-state index contributed by atoms with van der Waals surface area (Å²) in [4.78, 5) is 27.2. The molecule has 0 spiro atoms. The van der Waals surface area contributed by atoms with Crippen LogP contribution < -0.4 is 0 Å². The van der Waals surface area contributed by atoms with Gasteiger partial charge in [-0.05, 0) is 18.6 Å². The van der Waals surface area contributed by atoms with Gasteiger partial charge in [0.1, 0.15) is 0 Å². The number of Topliss-reactive ketones (excluding diaryl/α,β-unsaturated/α-hetero) is 2. The molecule has 1 rings (SSSR count). The first-order chi connectivity index (χ1) is 8.20. The Morgan fingerprint density at radius 3 is 2.53 bits per heavy atom. The van der Waals surface area contributed by atoms with Crippen LogP contribution in [0, 0.1) is 0 Å². The topological polar surface area (TPSA) is 79.6 Å². The lowest BCUT2D eigenvalue weighted by molar-refractivity contribution is -0.113. The molecule has 1 aromatic heterocycles. The molecule has 90 valence electrons. The summed E-state index contributed by atoms with van der Waals surface area (Å²) in [6.07, 6.45) is 4.61. The Morgan fingerprint density at radius 1 is 1.35 bits per heavy atom. The lowest BCUT2D eigenvalue weighted by Gasteiger charge is -2.02. The Balaban J connectivity index is 2.83. The predicted octanol–water partition coefficient (Wildman–Crippen LogP) is 1.85. The van der Waals surface area contributed by atoms with Crippen molar-refractivity contribution in [2.45, 2.75) is 26.2 Å². The van der Waals surface area contributed by atoms with Gasteiger partial charge in [-0.2, -0.15) is 0 Å². The molecule has 0 saturated heterocycles. The number of carbonyl (C=O) groups excluding carboxylic acids is 2. The van der Waals surface area contributed by atoms with Crippen LogP contribution in [0.3, 0.4) is 0 Å². The molecule has 0 saturated carbocycles. The molecule has 5 nitrogen and oxygen atoms in total. The van der Waals surface area contributed by atoms with E-state index in [2.05, 4.69) is 10.1 Å². The van der Waals surface area contributed by atoms with Gasteiger partial charge in [0.25, 0.3) is 0 Å². The summed E-state index contributed by atoms with van der Waals surface area (Å²) in [5.41, 5.74) is -0.123. The first kappa shape index (κ1) is 13.0. The highest BCUT2D eigenvalue weighted by Gasteiger charge is 2.21. The van der Waals surface area contributed by atoms with Crippen LogP contribution in [0.5, 0.6) is 0 Å². The zero-order valence-electron chi connectivity index (χ0n) is 9.59. The summed E-state index contributed by atoms with van der Waals surface area (Å²) in [6.45, 7) is 1.94. The number of ketones is 2. The molecule has 1 aromatic rings. The minimum absolute atomic E-state index is 0.215. The molecule has 0 atom stereocenters. The Hall–Kier alpha value is -2.04. The Kier molecular flexibility index (Phi) is 5.00. The summed E-state index contributed by atoms with van der Waals surface area (Å²) in [6, 6.07) is 2.95. The summed E-state index contributed by atoms with van der Waals surface area (Å²) in [5, 5.41) is 11.6. The van der Waals surface area contributed by atoms with Crippen molar-refractivity contribution in [1.29, 1.82) is 0 Å². The fourth-order valence-corrected chi connectivity index (χ4v) is 1.32. The van der Waals surface area contributed by atoms with Gasteiger partial charge in [-0.15, -0.1) is 0 Å². The van der Waals surface area contributed by atoms with Crippen LogP contribution in [0.4, 0.5) is 0 Å². The van der Waals surface area contributed by atoms with E-state index in [-0.39, 0.29) is 12.0 Å². The Bertz CT molecular complexity index is 427. The van der Waals surface area contributed by atoms with E-state index in [1.54, 1.807) is 0 Å². The van der Waals surface area contributed by atoms with Crippen LogP contribution in [0.1, 0.15) is 36.5 Å². The van der Waals surface area contributed by atoms with Crippen LogP contribution in [0.2, 0.25) is 0 Å². The zero-order valence-corrected chi connectivity index (χ0v) is 9.59. The first-order valence-corrected chi connectivity index (χ1v) is 5.40. The molecule has 0 amide bonds. The lowest BCUT2D eigenvalue weighted by atomic mass is 10.0. The highest BCUT2D eigenvalue weighted by Crippen LogP contribution is 2.04. The summed E-state index contributed by atoms with van der Waals surface area (Å²) in [5.74, 6) is -1.01. The van der Waals surface area contributed by atoms with Gasteiger partial charge >= 0.3 is 0 Å². The number of unbranched alkanes of at least 4 members (excludes halogenated alkanes) is 1. The number of rotatable bonds is 6. The largest absolute Gasteiger partial charge is 0.410 e. The number of aromatic nitrogens is 1. The minimum atomic E-state index is -0.573. The van der Waals surface area contributed by atoms with E-state index in [4.69, 9.17) is 5.21 Å². The first-order valence-electron chi connectivity index (χ1n) is 5.40. The molecule has 0 fully saturated rings. The standard InChI is InChI=1S/C12H14N2O3/c1-2-3-4-10(15)11(14-17)12(16)9-5-7-13-8-6-9/h5-8,17H,2-4H2,1H3/b14-11+.